The molecular formula is C20H17ClN2O4S2. The van der Waals surface area contributed by atoms with Crippen LogP contribution in [-0.2, 0) is 4.79 Å². The number of nitrogens with zero attached hydrogens (tertiary/aromatic N) is 1. The minimum absolute atomic E-state index is 0.222. The van der Waals surface area contributed by atoms with Gasteiger partial charge in [-0.2, -0.15) is 5.01 Å². The number of halogens is 1. The quantitative estimate of drug-likeness (QED) is 0.525. The summed E-state index contributed by atoms with van der Waals surface area (Å²) in [6.07, 6.45) is 1.68. The van der Waals surface area contributed by atoms with Crippen molar-refractivity contribution in [3.8, 4) is 11.5 Å². The maximum absolute atomic E-state index is 12.7. The normalized spacial score (nSPS) is 15.0. The third-order valence-electron chi connectivity index (χ3n) is 3.91. The van der Waals surface area contributed by atoms with Crippen LogP contribution >= 0.6 is 35.6 Å². The number of amides is 2. The molecule has 29 heavy (non-hydrogen) atoms. The highest BCUT2D eigenvalue weighted by Crippen LogP contribution is 2.34. The summed E-state index contributed by atoms with van der Waals surface area (Å²) >= 11 is 12.4. The summed E-state index contributed by atoms with van der Waals surface area (Å²) in [4.78, 5) is 25.6. The smallest absolute Gasteiger partial charge is 0.285 e. The predicted octanol–water partition coefficient (Wildman–Crippen LogP) is 4.29. The molecule has 6 nitrogen and oxygen atoms in total. The van der Waals surface area contributed by atoms with Gasteiger partial charge < -0.3 is 9.47 Å². The van der Waals surface area contributed by atoms with Gasteiger partial charge in [-0.1, -0.05) is 41.6 Å². The zero-order valence-corrected chi connectivity index (χ0v) is 18.0. The zero-order valence-electron chi connectivity index (χ0n) is 15.6. The third kappa shape index (κ3) is 4.72. The van der Waals surface area contributed by atoms with Crippen LogP contribution in [0.15, 0.2) is 47.4 Å². The molecule has 0 atom stereocenters. The molecule has 0 aliphatic carbocycles. The summed E-state index contributed by atoms with van der Waals surface area (Å²) in [5.74, 6) is 0.235. The molecule has 0 unspecified atom stereocenters. The molecule has 2 amide bonds. The van der Waals surface area contributed by atoms with Gasteiger partial charge >= 0.3 is 0 Å². The van der Waals surface area contributed by atoms with Crippen molar-refractivity contribution in [2.24, 2.45) is 0 Å². The highest BCUT2D eigenvalue weighted by molar-refractivity contribution is 8.26. The Morgan fingerprint density at radius 3 is 2.72 bits per heavy atom. The fraction of sp³-hybridized carbons (Fsp3) is 0.150. The van der Waals surface area contributed by atoms with E-state index in [2.05, 4.69) is 5.43 Å². The van der Waals surface area contributed by atoms with Gasteiger partial charge in [0.25, 0.3) is 11.8 Å². The SMILES string of the molecule is CCOc1ccc(/C=C2/SC(=S)N(NC(=O)c3ccccc3Cl)C2=O)cc1OC. The molecule has 3 rings (SSSR count). The van der Waals surface area contributed by atoms with Crippen molar-refractivity contribution in [1.82, 2.24) is 10.4 Å². The van der Waals surface area contributed by atoms with Crippen molar-refractivity contribution in [1.29, 1.82) is 0 Å². The number of rotatable bonds is 6. The van der Waals surface area contributed by atoms with Gasteiger partial charge in [-0.3, -0.25) is 15.0 Å². The molecule has 1 aliphatic heterocycles. The van der Waals surface area contributed by atoms with E-state index in [4.69, 9.17) is 33.3 Å². The Bertz CT molecular complexity index is 1010. The van der Waals surface area contributed by atoms with Crippen LogP contribution in [0, 0.1) is 0 Å². The van der Waals surface area contributed by atoms with Gasteiger partial charge in [0.15, 0.2) is 15.8 Å². The Kier molecular flexibility index (Phi) is 6.79. The van der Waals surface area contributed by atoms with Gasteiger partial charge in [0, 0.05) is 0 Å². The van der Waals surface area contributed by atoms with E-state index < -0.39 is 11.8 Å². The van der Waals surface area contributed by atoms with Crippen LogP contribution in [0.5, 0.6) is 11.5 Å². The number of hydrogen-bond acceptors (Lipinski definition) is 6. The molecule has 9 heteroatoms. The van der Waals surface area contributed by atoms with Gasteiger partial charge in [0.05, 0.1) is 29.2 Å². The number of thioether (sulfide) groups is 1. The lowest BCUT2D eigenvalue weighted by atomic mass is 10.2. The maximum atomic E-state index is 12.7. The summed E-state index contributed by atoms with van der Waals surface area (Å²) < 4.78 is 11.1. The number of nitrogens with one attached hydrogen (secondary N) is 1. The molecular weight excluding hydrogens is 432 g/mol. The standard InChI is InChI=1S/C20H17ClN2O4S2/c1-3-27-15-9-8-12(10-16(15)26-2)11-17-19(25)23(20(28)29-17)22-18(24)13-6-4-5-7-14(13)21/h4-11H,3H2,1-2H3,(H,22,24)/b17-11+. The molecule has 1 heterocycles. The number of methoxy groups -OCH3 is 1. The molecule has 0 saturated carbocycles. The second-order valence-corrected chi connectivity index (χ2v) is 7.86. The van der Waals surface area contributed by atoms with Gasteiger partial charge in [0.2, 0.25) is 0 Å². The highest BCUT2D eigenvalue weighted by Gasteiger charge is 2.34. The molecule has 0 aromatic heterocycles. The number of carbonyl (C=O) groups is 2. The van der Waals surface area contributed by atoms with Crippen LogP contribution in [0.1, 0.15) is 22.8 Å². The number of thiocarbonyl (C=S) groups is 1. The first-order chi connectivity index (χ1) is 13.9. The lowest BCUT2D eigenvalue weighted by Crippen LogP contribution is -2.44. The van der Waals surface area contributed by atoms with Gasteiger partial charge in [0.1, 0.15) is 0 Å². The van der Waals surface area contributed by atoms with Crippen LogP contribution in [0.25, 0.3) is 6.08 Å². The second-order valence-electron chi connectivity index (χ2n) is 5.78. The Morgan fingerprint density at radius 2 is 2.03 bits per heavy atom. The monoisotopic (exact) mass is 448 g/mol. The van der Waals surface area contributed by atoms with Crippen molar-refractivity contribution in [3.05, 3.63) is 63.5 Å². The molecule has 2 aromatic rings. The van der Waals surface area contributed by atoms with E-state index in [0.717, 1.165) is 22.3 Å². The molecule has 0 spiro atoms. The number of hydrogen-bond donors (Lipinski definition) is 1. The first-order valence-electron chi connectivity index (χ1n) is 8.59. The van der Waals surface area contributed by atoms with Crippen LogP contribution < -0.4 is 14.9 Å². The highest BCUT2D eigenvalue weighted by atomic mass is 35.5. The minimum atomic E-state index is -0.518. The molecule has 1 fully saturated rings. The Morgan fingerprint density at radius 1 is 1.28 bits per heavy atom. The van der Waals surface area contributed by atoms with E-state index in [0.29, 0.717) is 23.0 Å². The van der Waals surface area contributed by atoms with Crippen LogP contribution in [0.3, 0.4) is 0 Å². The van der Waals surface area contributed by atoms with E-state index in [-0.39, 0.29) is 14.9 Å². The maximum Gasteiger partial charge on any atom is 0.285 e. The molecule has 1 N–H and O–H groups in total. The molecule has 0 radical (unpaired) electrons. The fourth-order valence-electron chi connectivity index (χ4n) is 2.57. The summed E-state index contributed by atoms with van der Waals surface area (Å²) in [5.41, 5.74) is 3.50. The first kappa shape index (κ1) is 21.2. The van der Waals surface area contributed by atoms with E-state index in [1.54, 1.807) is 49.6 Å². The van der Waals surface area contributed by atoms with Crippen molar-refractivity contribution >= 4 is 57.8 Å². The third-order valence-corrected chi connectivity index (χ3v) is 5.54. The molecule has 2 aromatic carbocycles. The number of benzene rings is 2. The molecule has 1 saturated heterocycles. The van der Waals surface area contributed by atoms with E-state index in [9.17, 15) is 9.59 Å². The van der Waals surface area contributed by atoms with E-state index >= 15 is 0 Å². The van der Waals surface area contributed by atoms with E-state index in [1.165, 1.54) is 0 Å². The van der Waals surface area contributed by atoms with Gasteiger partial charge in [-0.15, -0.1) is 0 Å². The van der Waals surface area contributed by atoms with Crippen LogP contribution in [0.2, 0.25) is 5.02 Å². The van der Waals surface area contributed by atoms with Crippen molar-refractivity contribution < 1.29 is 19.1 Å². The van der Waals surface area contributed by atoms with Gasteiger partial charge in [-0.05, 0) is 55.0 Å². The Labute approximate surface area is 182 Å². The zero-order chi connectivity index (χ0) is 21.0. The first-order valence-corrected chi connectivity index (χ1v) is 10.2. The van der Waals surface area contributed by atoms with E-state index in [1.807, 2.05) is 13.0 Å². The largest absolute Gasteiger partial charge is 0.493 e. The summed E-state index contributed by atoms with van der Waals surface area (Å²) in [5, 5.41) is 1.33. The summed E-state index contributed by atoms with van der Waals surface area (Å²) in [6.45, 7) is 2.40. The lowest BCUT2D eigenvalue weighted by Gasteiger charge is -2.16. The topological polar surface area (TPSA) is 67.9 Å². The van der Waals surface area contributed by atoms with Gasteiger partial charge in [-0.25, -0.2) is 0 Å². The Hall–Kier alpha value is -2.55. The minimum Gasteiger partial charge on any atom is -0.493 e. The summed E-state index contributed by atoms with van der Waals surface area (Å²) in [6, 6.07) is 11.9. The van der Waals surface area contributed by atoms with Crippen molar-refractivity contribution in [2.45, 2.75) is 6.92 Å². The number of carbonyl (C=O) groups excluding carboxylic acids is 2. The van der Waals surface area contributed by atoms with Crippen LogP contribution in [-0.4, -0.2) is 34.9 Å². The van der Waals surface area contributed by atoms with Crippen LogP contribution in [0.4, 0.5) is 0 Å². The number of ether oxygens (including phenoxy) is 2. The average Bonchev–Trinajstić information content (AvgIpc) is 2.97. The summed E-state index contributed by atoms with van der Waals surface area (Å²) in [7, 11) is 1.55. The fourth-order valence-corrected chi connectivity index (χ4v) is 3.97. The predicted molar refractivity (Wildman–Crippen MR) is 118 cm³/mol. The lowest BCUT2D eigenvalue weighted by molar-refractivity contribution is -0.123. The van der Waals surface area contributed by atoms with Crippen molar-refractivity contribution in [2.75, 3.05) is 13.7 Å². The molecule has 0 bridgehead atoms. The molecule has 1 aliphatic rings. The van der Waals surface area contributed by atoms with Crippen molar-refractivity contribution in [3.63, 3.8) is 0 Å². The Balaban J connectivity index is 1.80. The average molecular weight is 449 g/mol. The second kappa shape index (κ2) is 9.30. The molecule has 150 valence electrons. The number of hydrazine groups is 1.